The molecule has 12 heteroatoms. The number of nitrogens with zero attached hydrogens (tertiary/aromatic N) is 3. The lowest BCUT2D eigenvalue weighted by Gasteiger charge is -2.21. The quantitative estimate of drug-likeness (QED) is 0.159. The van der Waals surface area contributed by atoms with Crippen molar-refractivity contribution >= 4 is 43.6 Å². The van der Waals surface area contributed by atoms with Crippen LogP contribution >= 0.6 is 0 Å². The molecule has 0 aliphatic rings. The van der Waals surface area contributed by atoms with Crippen LogP contribution in [-0.2, 0) is 18.5 Å². The second kappa shape index (κ2) is 15.2. The van der Waals surface area contributed by atoms with Crippen molar-refractivity contribution in [3.63, 3.8) is 0 Å². The zero-order valence-electron chi connectivity index (χ0n) is 34.8. The molecule has 0 radical (unpaired) electrons. The largest absolute Gasteiger partial charge is 0.417 e. The molecule has 3 nitrogen and oxygen atoms in total. The average Bonchev–Trinajstić information content (AvgIpc) is 3.79. The summed E-state index contributed by atoms with van der Waals surface area (Å²) in [6.45, 7) is 3.13. The summed E-state index contributed by atoms with van der Waals surface area (Å²) >= 11 is 0. The maximum absolute atomic E-state index is 15.2. The molecular formula is C54H32F9N3. The van der Waals surface area contributed by atoms with Gasteiger partial charge in [0.25, 0.3) is 0 Å². The normalized spacial score (nSPS) is 12.5. The Morgan fingerprint density at radius 2 is 0.848 bits per heavy atom. The summed E-state index contributed by atoms with van der Waals surface area (Å²) in [5.41, 5.74) is 2.01. The van der Waals surface area contributed by atoms with Gasteiger partial charge in [0.15, 0.2) is 0 Å². The number of aromatic nitrogens is 2. The predicted octanol–water partition coefficient (Wildman–Crippen LogP) is 16.4. The van der Waals surface area contributed by atoms with E-state index in [4.69, 9.17) is 0 Å². The van der Waals surface area contributed by atoms with Gasteiger partial charge in [0.1, 0.15) is 6.07 Å². The Labute approximate surface area is 370 Å². The number of para-hydroxylation sites is 2. The van der Waals surface area contributed by atoms with Crippen molar-refractivity contribution in [3.8, 4) is 50.8 Å². The lowest BCUT2D eigenvalue weighted by Crippen LogP contribution is -2.09. The summed E-state index contributed by atoms with van der Waals surface area (Å²) < 4.78 is 133. The lowest BCUT2D eigenvalue weighted by molar-refractivity contribution is -0.138. The molecule has 66 heavy (non-hydrogen) atoms. The molecular weight excluding hydrogens is 862 g/mol. The number of benzene rings is 8. The van der Waals surface area contributed by atoms with E-state index in [1.807, 2.05) is 18.2 Å². The molecule has 10 aromatic rings. The maximum Gasteiger partial charge on any atom is 0.417 e. The van der Waals surface area contributed by atoms with Crippen LogP contribution in [0.25, 0.3) is 88.4 Å². The van der Waals surface area contributed by atoms with Crippen LogP contribution in [-0.4, -0.2) is 9.13 Å². The standard InChI is InChI=1S/C54H32F9N3/c1-30-19-34(23-37(21-30)52(55,56)57)32-15-17-42-40-10-4-7-13-46(40)65(49(42)25-32)48-28-44(39-9-3-6-12-45(39)54(61,62)63)51(27-36(48)29-64)66-47-14-8-5-11-41(47)43-18-16-33(26-50(43)66)35-20-31(2)22-38(24-35)53(58,59)60/h3-28H,1-2H3. The van der Waals surface area contributed by atoms with Crippen molar-refractivity contribution in [2.45, 2.75) is 32.4 Å². The molecule has 0 atom stereocenters. The van der Waals surface area contributed by atoms with Crippen LogP contribution in [0.4, 0.5) is 39.5 Å². The fraction of sp³-hybridized carbons (Fsp3) is 0.0926. The van der Waals surface area contributed by atoms with Crippen LogP contribution in [0.3, 0.4) is 0 Å². The molecule has 2 aromatic heterocycles. The van der Waals surface area contributed by atoms with Gasteiger partial charge in [0.2, 0.25) is 0 Å². The van der Waals surface area contributed by atoms with Crippen molar-refractivity contribution in [1.82, 2.24) is 9.13 Å². The smallest absolute Gasteiger partial charge is 0.309 e. The molecule has 8 aromatic carbocycles. The van der Waals surface area contributed by atoms with E-state index in [9.17, 15) is 31.6 Å². The van der Waals surface area contributed by atoms with Crippen molar-refractivity contribution in [1.29, 1.82) is 5.26 Å². The molecule has 0 saturated heterocycles. The first-order chi connectivity index (χ1) is 31.4. The Morgan fingerprint density at radius 1 is 0.394 bits per heavy atom. The molecule has 0 amide bonds. The number of halogens is 9. The second-order valence-corrected chi connectivity index (χ2v) is 16.4. The van der Waals surface area contributed by atoms with Gasteiger partial charge in [-0.15, -0.1) is 0 Å². The van der Waals surface area contributed by atoms with Crippen LogP contribution in [0.15, 0.2) is 158 Å². The summed E-state index contributed by atoms with van der Waals surface area (Å²) in [5, 5.41) is 13.9. The molecule has 326 valence electrons. The number of hydrogen-bond donors (Lipinski definition) is 0. The predicted molar refractivity (Wildman–Crippen MR) is 241 cm³/mol. The number of alkyl halides is 9. The fourth-order valence-corrected chi connectivity index (χ4v) is 9.26. The minimum absolute atomic E-state index is 0.0526. The Morgan fingerprint density at radius 3 is 1.33 bits per heavy atom. The first-order valence-electron chi connectivity index (χ1n) is 20.6. The molecule has 0 unspecified atom stereocenters. The molecule has 10 rings (SSSR count). The molecule has 0 fully saturated rings. The van der Waals surface area contributed by atoms with Gasteiger partial charge in [0, 0.05) is 27.1 Å². The highest BCUT2D eigenvalue weighted by molar-refractivity contribution is 6.12. The van der Waals surface area contributed by atoms with Gasteiger partial charge in [-0.1, -0.05) is 91.0 Å². The topological polar surface area (TPSA) is 33.6 Å². The molecule has 0 bridgehead atoms. The van der Waals surface area contributed by atoms with E-state index in [0.29, 0.717) is 66.0 Å². The molecule has 0 aliphatic heterocycles. The highest BCUT2D eigenvalue weighted by Crippen LogP contribution is 2.46. The van der Waals surface area contributed by atoms with Crippen LogP contribution in [0, 0.1) is 25.2 Å². The van der Waals surface area contributed by atoms with E-state index in [0.717, 1.165) is 35.7 Å². The van der Waals surface area contributed by atoms with Gasteiger partial charge in [-0.25, -0.2) is 0 Å². The third kappa shape index (κ3) is 7.12. The lowest BCUT2D eigenvalue weighted by atomic mass is 9.95. The highest BCUT2D eigenvalue weighted by atomic mass is 19.4. The van der Waals surface area contributed by atoms with Crippen molar-refractivity contribution in [2.75, 3.05) is 0 Å². The van der Waals surface area contributed by atoms with E-state index in [1.54, 1.807) is 102 Å². The van der Waals surface area contributed by atoms with E-state index in [1.165, 1.54) is 30.3 Å². The third-order valence-electron chi connectivity index (χ3n) is 12.1. The summed E-state index contributed by atoms with van der Waals surface area (Å²) in [5.74, 6) is 0. The minimum Gasteiger partial charge on any atom is -0.309 e. The Balaban J connectivity index is 1.30. The highest BCUT2D eigenvalue weighted by Gasteiger charge is 2.35. The zero-order valence-corrected chi connectivity index (χ0v) is 34.8. The molecule has 2 heterocycles. The second-order valence-electron chi connectivity index (χ2n) is 16.4. The van der Waals surface area contributed by atoms with Crippen molar-refractivity contribution < 1.29 is 39.5 Å². The summed E-state index contributed by atoms with van der Waals surface area (Å²) in [6, 6.07) is 42.7. The number of rotatable bonds is 5. The van der Waals surface area contributed by atoms with Gasteiger partial charge in [0.05, 0.1) is 55.7 Å². The molecule has 0 N–H and O–H groups in total. The minimum atomic E-state index is -4.83. The zero-order chi connectivity index (χ0) is 46.4. The van der Waals surface area contributed by atoms with Crippen LogP contribution in [0.1, 0.15) is 33.4 Å². The molecule has 0 saturated carbocycles. The Hall–Kier alpha value is -7.78. The number of nitriles is 1. The third-order valence-corrected chi connectivity index (χ3v) is 12.1. The van der Waals surface area contributed by atoms with E-state index < -0.39 is 35.2 Å². The average molecular weight is 894 g/mol. The first-order valence-corrected chi connectivity index (χ1v) is 20.6. The van der Waals surface area contributed by atoms with Crippen LogP contribution < -0.4 is 0 Å². The first kappa shape index (κ1) is 42.2. The molecule has 0 aliphatic carbocycles. The van der Waals surface area contributed by atoms with Crippen LogP contribution in [0.5, 0.6) is 0 Å². The van der Waals surface area contributed by atoms with E-state index in [2.05, 4.69) is 6.07 Å². The van der Waals surface area contributed by atoms with Crippen molar-refractivity contribution in [2.24, 2.45) is 0 Å². The molecule has 0 spiro atoms. The Kier molecular flexibility index (Phi) is 9.69. The number of fused-ring (bicyclic) bond motifs is 6. The Bertz CT molecular complexity index is 3650. The summed E-state index contributed by atoms with van der Waals surface area (Å²) in [7, 11) is 0. The van der Waals surface area contributed by atoms with Crippen LogP contribution in [0.2, 0.25) is 0 Å². The number of hydrogen-bond acceptors (Lipinski definition) is 1. The van der Waals surface area contributed by atoms with Gasteiger partial charge >= 0.3 is 18.5 Å². The van der Waals surface area contributed by atoms with Gasteiger partial charge in [-0.3, -0.25) is 0 Å². The maximum atomic E-state index is 15.2. The number of aryl methyl sites for hydroxylation is 2. The monoisotopic (exact) mass is 893 g/mol. The van der Waals surface area contributed by atoms with Gasteiger partial charge in [-0.05, 0) is 120 Å². The fourth-order valence-electron chi connectivity index (χ4n) is 9.26. The SMILES string of the molecule is Cc1cc(-c2ccc3c4ccccc4n(-c4cc(-c5ccccc5C(F)(F)F)c(-n5c6ccccc6c6ccc(-c7cc(C)cc(C(F)(F)F)c7)cc65)cc4C#N)c3c2)cc(C(F)(F)F)c1. The van der Waals surface area contributed by atoms with Gasteiger partial charge in [-0.2, -0.15) is 44.8 Å². The van der Waals surface area contributed by atoms with Gasteiger partial charge < -0.3 is 9.13 Å². The van der Waals surface area contributed by atoms with Crippen molar-refractivity contribution in [3.05, 3.63) is 191 Å². The van der Waals surface area contributed by atoms with E-state index >= 15 is 13.2 Å². The summed E-state index contributed by atoms with van der Waals surface area (Å²) in [6.07, 6.45) is -14.1. The summed E-state index contributed by atoms with van der Waals surface area (Å²) in [4.78, 5) is 0. The van der Waals surface area contributed by atoms with E-state index in [-0.39, 0.29) is 33.6 Å².